The molecule has 0 N–H and O–H groups in total. The molecule has 1 fully saturated rings. The summed E-state index contributed by atoms with van der Waals surface area (Å²) in [4.78, 5) is 0.944. The van der Waals surface area contributed by atoms with Gasteiger partial charge in [-0.25, -0.2) is 8.51 Å². The Morgan fingerprint density at radius 3 is 2.42 bits per heavy atom. The van der Waals surface area contributed by atoms with Gasteiger partial charge in [0.25, 0.3) is 0 Å². The first-order chi connectivity index (χ1) is 8.89. The van der Waals surface area contributed by atoms with Crippen LogP contribution < -0.4 is 0 Å². The van der Waals surface area contributed by atoms with Crippen LogP contribution in [0, 0.1) is 6.92 Å². The molecular formula is C15H23NO2S. The quantitative estimate of drug-likeness (QED) is 0.834. The van der Waals surface area contributed by atoms with E-state index in [0.29, 0.717) is 13.2 Å². The summed E-state index contributed by atoms with van der Waals surface area (Å²) in [5.41, 5.74) is 2.40. The lowest BCUT2D eigenvalue weighted by Gasteiger charge is -2.29. The highest BCUT2D eigenvalue weighted by molar-refractivity contribution is 7.82. The Hall–Kier alpha value is -0.710. The second kappa shape index (κ2) is 5.73. The van der Waals surface area contributed by atoms with Crippen molar-refractivity contribution in [2.24, 2.45) is 0 Å². The van der Waals surface area contributed by atoms with Gasteiger partial charge in [0.15, 0.2) is 0 Å². The van der Waals surface area contributed by atoms with Crippen LogP contribution in [0.3, 0.4) is 0 Å². The van der Waals surface area contributed by atoms with E-state index in [9.17, 15) is 4.21 Å². The Labute approximate surface area is 118 Å². The van der Waals surface area contributed by atoms with E-state index >= 15 is 0 Å². The van der Waals surface area contributed by atoms with E-state index in [2.05, 4.69) is 33.8 Å². The Balaban J connectivity index is 2.35. The number of aryl methyl sites for hydroxylation is 1. The molecular weight excluding hydrogens is 258 g/mol. The van der Waals surface area contributed by atoms with Gasteiger partial charge >= 0.3 is 0 Å². The fourth-order valence-electron chi connectivity index (χ4n) is 2.23. The molecule has 0 aromatic heterocycles. The predicted octanol–water partition coefficient (Wildman–Crippen LogP) is 2.65. The first kappa shape index (κ1) is 14.7. The standard InChI is InChI=1S/C15H23NO2S/c1-12-5-6-14(13(11-12)15(2,3)4)19(17)16-7-9-18-10-8-16/h5-6,11H,7-10H2,1-4H3. The van der Waals surface area contributed by atoms with E-state index in [1.54, 1.807) is 0 Å². The normalized spacial score (nSPS) is 19.4. The monoisotopic (exact) mass is 281 g/mol. The van der Waals surface area contributed by atoms with Crippen LogP contribution in [-0.4, -0.2) is 34.8 Å². The molecule has 0 spiro atoms. The molecule has 0 radical (unpaired) electrons. The summed E-state index contributed by atoms with van der Waals surface area (Å²) in [6.45, 7) is 11.4. The van der Waals surface area contributed by atoms with Crippen molar-refractivity contribution in [1.29, 1.82) is 0 Å². The molecule has 0 saturated carbocycles. The van der Waals surface area contributed by atoms with Crippen molar-refractivity contribution in [2.45, 2.75) is 38.0 Å². The Bertz CT molecular complexity index is 474. The SMILES string of the molecule is Cc1ccc(S(=O)N2CCOCC2)c(C(C)(C)C)c1. The van der Waals surface area contributed by atoms with Gasteiger partial charge in [0.1, 0.15) is 11.0 Å². The maximum absolute atomic E-state index is 12.8. The second-order valence-corrected chi connectivity index (χ2v) is 7.49. The zero-order valence-corrected chi connectivity index (χ0v) is 13.0. The Kier molecular flexibility index (Phi) is 4.43. The molecule has 1 aliphatic rings. The van der Waals surface area contributed by atoms with Crippen molar-refractivity contribution < 1.29 is 8.95 Å². The fourth-order valence-corrected chi connectivity index (χ4v) is 3.73. The lowest BCUT2D eigenvalue weighted by molar-refractivity contribution is 0.0751. The summed E-state index contributed by atoms with van der Waals surface area (Å²) in [6.07, 6.45) is 0. The summed E-state index contributed by atoms with van der Waals surface area (Å²) >= 11 is 0. The van der Waals surface area contributed by atoms with Gasteiger partial charge in [-0.3, -0.25) is 0 Å². The zero-order chi connectivity index (χ0) is 14.0. The van der Waals surface area contributed by atoms with Gasteiger partial charge in [-0.05, 0) is 24.0 Å². The molecule has 0 bridgehead atoms. The smallest absolute Gasteiger partial charge is 0.128 e. The van der Waals surface area contributed by atoms with Crippen LogP contribution in [0.4, 0.5) is 0 Å². The maximum Gasteiger partial charge on any atom is 0.128 e. The molecule has 1 heterocycles. The highest BCUT2D eigenvalue weighted by atomic mass is 32.2. The summed E-state index contributed by atoms with van der Waals surface area (Å²) in [7, 11) is -1.08. The molecule has 0 aliphatic carbocycles. The average Bonchev–Trinajstić information content (AvgIpc) is 2.38. The minimum atomic E-state index is -1.08. The number of hydrogen-bond acceptors (Lipinski definition) is 2. The van der Waals surface area contributed by atoms with Crippen LogP contribution in [0.5, 0.6) is 0 Å². The largest absolute Gasteiger partial charge is 0.379 e. The maximum atomic E-state index is 12.8. The summed E-state index contributed by atoms with van der Waals surface area (Å²) in [6, 6.07) is 6.22. The Morgan fingerprint density at radius 2 is 1.84 bits per heavy atom. The van der Waals surface area contributed by atoms with E-state index in [1.165, 1.54) is 11.1 Å². The van der Waals surface area contributed by atoms with E-state index in [-0.39, 0.29) is 5.41 Å². The first-order valence-electron chi connectivity index (χ1n) is 6.75. The van der Waals surface area contributed by atoms with E-state index in [1.807, 2.05) is 16.4 Å². The molecule has 3 nitrogen and oxygen atoms in total. The minimum absolute atomic E-state index is 0.00327. The van der Waals surface area contributed by atoms with Crippen LogP contribution >= 0.6 is 0 Å². The molecule has 0 amide bonds. The second-order valence-electron chi connectivity index (χ2n) is 6.04. The molecule has 19 heavy (non-hydrogen) atoms. The number of rotatable bonds is 2. The van der Waals surface area contributed by atoms with Crippen molar-refractivity contribution in [2.75, 3.05) is 26.3 Å². The lowest BCUT2D eigenvalue weighted by Crippen LogP contribution is -2.38. The van der Waals surface area contributed by atoms with Crippen molar-refractivity contribution in [1.82, 2.24) is 4.31 Å². The van der Waals surface area contributed by atoms with Crippen molar-refractivity contribution in [3.05, 3.63) is 29.3 Å². The summed E-state index contributed by atoms with van der Waals surface area (Å²) in [5.74, 6) is 0. The van der Waals surface area contributed by atoms with Crippen molar-refractivity contribution >= 4 is 11.0 Å². The molecule has 1 aliphatic heterocycles. The number of benzene rings is 1. The van der Waals surface area contributed by atoms with Crippen LogP contribution in [0.25, 0.3) is 0 Å². The summed E-state index contributed by atoms with van der Waals surface area (Å²) < 4.78 is 20.1. The topological polar surface area (TPSA) is 29.5 Å². The minimum Gasteiger partial charge on any atom is -0.379 e. The molecule has 4 heteroatoms. The highest BCUT2D eigenvalue weighted by Crippen LogP contribution is 2.30. The number of ether oxygens (including phenoxy) is 1. The van der Waals surface area contributed by atoms with E-state index < -0.39 is 11.0 Å². The average molecular weight is 281 g/mol. The molecule has 1 saturated heterocycles. The van der Waals surface area contributed by atoms with Crippen LogP contribution in [0.2, 0.25) is 0 Å². The van der Waals surface area contributed by atoms with Crippen molar-refractivity contribution in [3.63, 3.8) is 0 Å². The Morgan fingerprint density at radius 1 is 1.21 bits per heavy atom. The van der Waals surface area contributed by atoms with E-state index in [0.717, 1.165) is 18.0 Å². The third-order valence-electron chi connectivity index (χ3n) is 3.34. The lowest BCUT2D eigenvalue weighted by atomic mass is 9.86. The number of morpholine rings is 1. The predicted molar refractivity (Wildman–Crippen MR) is 78.7 cm³/mol. The van der Waals surface area contributed by atoms with Crippen LogP contribution in [0.15, 0.2) is 23.1 Å². The fraction of sp³-hybridized carbons (Fsp3) is 0.600. The van der Waals surface area contributed by atoms with E-state index in [4.69, 9.17) is 4.74 Å². The molecule has 106 valence electrons. The molecule has 2 rings (SSSR count). The van der Waals surface area contributed by atoms with Gasteiger partial charge in [0.2, 0.25) is 0 Å². The summed E-state index contributed by atoms with van der Waals surface area (Å²) in [5, 5.41) is 0. The van der Waals surface area contributed by atoms with Gasteiger partial charge in [-0.2, -0.15) is 0 Å². The van der Waals surface area contributed by atoms with Gasteiger partial charge in [-0.15, -0.1) is 0 Å². The number of hydrogen-bond donors (Lipinski definition) is 0. The molecule has 1 aromatic rings. The van der Waals surface area contributed by atoms with Crippen LogP contribution in [-0.2, 0) is 21.1 Å². The third kappa shape index (κ3) is 3.44. The molecule has 1 unspecified atom stereocenters. The first-order valence-corrected chi connectivity index (χ1v) is 7.86. The third-order valence-corrected chi connectivity index (χ3v) is 4.90. The number of nitrogens with zero attached hydrogens (tertiary/aromatic N) is 1. The van der Waals surface area contributed by atoms with Gasteiger partial charge in [0.05, 0.1) is 18.1 Å². The van der Waals surface area contributed by atoms with Crippen molar-refractivity contribution in [3.8, 4) is 0 Å². The zero-order valence-electron chi connectivity index (χ0n) is 12.2. The van der Waals surface area contributed by atoms with Gasteiger partial charge < -0.3 is 4.74 Å². The van der Waals surface area contributed by atoms with Gasteiger partial charge in [0, 0.05) is 13.1 Å². The van der Waals surface area contributed by atoms with Gasteiger partial charge in [-0.1, -0.05) is 38.5 Å². The van der Waals surface area contributed by atoms with Crippen LogP contribution in [0.1, 0.15) is 31.9 Å². The molecule has 1 atom stereocenters. The molecule has 1 aromatic carbocycles. The highest BCUT2D eigenvalue weighted by Gasteiger charge is 2.25.